The van der Waals surface area contributed by atoms with E-state index in [1.165, 1.54) is 0 Å². The predicted octanol–water partition coefficient (Wildman–Crippen LogP) is 4.44. The lowest BCUT2D eigenvalue weighted by Gasteiger charge is -2.36. The van der Waals surface area contributed by atoms with E-state index in [-0.39, 0.29) is 12.0 Å². The van der Waals surface area contributed by atoms with Gasteiger partial charge in [-0.25, -0.2) is 0 Å². The van der Waals surface area contributed by atoms with E-state index in [0.29, 0.717) is 47.1 Å². The summed E-state index contributed by atoms with van der Waals surface area (Å²) in [4.78, 5) is 19.7. The molecule has 1 N–H and O–H groups in total. The number of morpholine rings is 1. The highest BCUT2D eigenvalue weighted by molar-refractivity contribution is 6.35. The molecule has 156 valence electrons. The number of ether oxygens (including phenoxy) is 1. The van der Waals surface area contributed by atoms with Gasteiger partial charge in [0.25, 0.3) is 0 Å². The van der Waals surface area contributed by atoms with Crippen LogP contribution >= 0.6 is 23.2 Å². The average Bonchev–Trinajstić information content (AvgIpc) is 3.15. The van der Waals surface area contributed by atoms with Crippen LogP contribution in [0.4, 0.5) is 5.69 Å². The Bertz CT molecular complexity index is 1010. The van der Waals surface area contributed by atoms with Gasteiger partial charge in [-0.05, 0) is 23.8 Å². The van der Waals surface area contributed by atoms with Crippen LogP contribution in [0.2, 0.25) is 10.0 Å². The highest BCUT2D eigenvalue weighted by Crippen LogP contribution is 2.30. The number of hydrogen-bond donors (Lipinski definition) is 1. The minimum Gasteiger partial charge on any atom is -0.367 e. The molecule has 9 heteroatoms. The Balaban J connectivity index is 1.60. The number of nitrogens with zero attached hydrogens (tertiary/aromatic N) is 3. The van der Waals surface area contributed by atoms with Crippen LogP contribution in [-0.4, -0.2) is 40.6 Å². The molecule has 0 saturated carbocycles. The molecule has 1 aliphatic heterocycles. The van der Waals surface area contributed by atoms with Crippen LogP contribution in [0.3, 0.4) is 0 Å². The van der Waals surface area contributed by atoms with Gasteiger partial charge in [0, 0.05) is 35.7 Å². The van der Waals surface area contributed by atoms with Crippen molar-refractivity contribution in [2.75, 3.05) is 25.0 Å². The number of carbonyl (C=O) groups excluding carboxylic acids is 1. The van der Waals surface area contributed by atoms with E-state index < -0.39 is 6.04 Å². The molecule has 1 saturated heterocycles. The maximum atomic E-state index is 13.4. The van der Waals surface area contributed by atoms with Crippen molar-refractivity contribution in [3.8, 4) is 0 Å². The molecule has 3 aromatic rings. The van der Waals surface area contributed by atoms with Gasteiger partial charge in [-0.15, -0.1) is 0 Å². The number of amides is 1. The fraction of sp³-hybridized carbons (Fsp3) is 0.286. The Hall–Kier alpha value is -2.45. The second kappa shape index (κ2) is 9.14. The quantitative estimate of drug-likeness (QED) is 0.623. The zero-order valence-electron chi connectivity index (χ0n) is 16.2. The first kappa shape index (κ1) is 20.8. The Morgan fingerprint density at radius 1 is 1.20 bits per heavy atom. The number of benzene rings is 2. The van der Waals surface area contributed by atoms with Crippen molar-refractivity contribution in [2.24, 2.45) is 0 Å². The van der Waals surface area contributed by atoms with Crippen LogP contribution in [-0.2, 0) is 9.53 Å². The Kier molecular flexibility index (Phi) is 6.34. The summed E-state index contributed by atoms with van der Waals surface area (Å²) >= 11 is 12.2. The molecular formula is C21H20Cl2N4O3. The van der Waals surface area contributed by atoms with E-state index in [1.807, 2.05) is 30.3 Å². The van der Waals surface area contributed by atoms with Crippen molar-refractivity contribution in [2.45, 2.75) is 19.1 Å². The number of aryl methyl sites for hydroxylation is 1. The number of carbonyl (C=O) groups is 1. The molecule has 2 aromatic carbocycles. The van der Waals surface area contributed by atoms with Crippen LogP contribution in [0.5, 0.6) is 0 Å². The summed E-state index contributed by atoms with van der Waals surface area (Å²) in [6.07, 6.45) is -0.379. The Labute approximate surface area is 183 Å². The molecule has 1 fully saturated rings. The van der Waals surface area contributed by atoms with Gasteiger partial charge < -0.3 is 14.6 Å². The van der Waals surface area contributed by atoms with Gasteiger partial charge in [0.2, 0.25) is 17.6 Å². The molecule has 2 heterocycles. The lowest BCUT2D eigenvalue weighted by molar-refractivity contribution is -0.125. The molecular weight excluding hydrogens is 427 g/mol. The van der Waals surface area contributed by atoms with Gasteiger partial charge >= 0.3 is 0 Å². The molecule has 4 rings (SSSR count). The van der Waals surface area contributed by atoms with E-state index in [9.17, 15) is 4.79 Å². The molecule has 7 nitrogen and oxygen atoms in total. The number of halogens is 2. The summed E-state index contributed by atoms with van der Waals surface area (Å²) in [7, 11) is 0. The zero-order valence-corrected chi connectivity index (χ0v) is 17.7. The fourth-order valence-corrected chi connectivity index (χ4v) is 4.03. The van der Waals surface area contributed by atoms with E-state index in [1.54, 1.807) is 25.1 Å². The first-order valence-corrected chi connectivity index (χ1v) is 10.2. The second-order valence-electron chi connectivity index (χ2n) is 6.99. The monoisotopic (exact) mass is 446 g/mol. The van der Waals surface area contributed by atoms with Gasteiger partial charge in [-0.2, -0.15) is 4.98 Å². The highest BCUT2D eigenvalue weighted by atomic mass is 35.5. The van der Waals surface area contributed by atoms with Gasteiger partial charge in [0.15, 0.2) is 0 Å². The molecule has 0 aliphatic carbocycles. The topological polar surface area (TPSA) is 80.5 Å². The summed E-state index contributed by atoms with van der Waals surface area (Å²) in [5, 5.41) is 7.81. The summed E-state index contributed by atoms with van der Waals surface area (Å²) in [5.74, 6) is 0.761. The van der Waals surface area contributed by atoms with E-state index in [0.717, 1.165) is 5.56 Å². The minimum absolute atomic E-state index is 0.190. The lowest BCUT2D eigenvalue weighted by Crippen LogP contribution is -2.45. The number of aromatic nitrogens is 2. The first-order chi connectivity index (χ1) is 14.5. The molecule has 2 atom stereocenters. The lowest BCUT2D eigenvalue weighted by atomic mass is 10.0. The van der Waals surface area contributed by atoms with Gasteiger partial charge in [-0.3, -0.25) is 9.69 Å². The molecule has 1 amide bonds. The third kappa shape index (κ3) is 4.82. The van der Waals surface area contributed by atoms with Crippen LogP contribution in [0, 0.1) is 6.92 Å². The van der Waals surface area contributed by atoms with Crippen molar-refractivity contribution in [3.63, 3.8) is 0 Å². The van der Waals surface area contributed by atoms with Crippen LogP contribution in [0.15, 0.2) is 53.1 Å². The Morgan fingerprint density at radius 2 is 1.93 bits per heavy atom. The number of hydrogen-bond acceptors (Lipinski definition) is 6. The summed E-state index contributed by atoms with van der Waals surface area (Å²) in [6.45, 7) is 3.20. The maximum Gasteiger partial charge on any atom is 0.246 e. The standard InChI is InChI=1S/C21H20Cl2N4O3/c1-13-24-20(26-30-13)18-12-27(7-8-29-18)19(14-5-3-2-4-6-14)21(28)25-17-10-15(22)9-16(23)11-17/h2-6,9-11,18-19H,7-8,12H2,1H3,(H,25,28)/t18-,19+/m1/s1. The average molecular weight is 447 g/mol. The second-order valence-corrected chi connectivity index (χ2v) is 7.86. The third-order valence-electron chi connectivity index (χ3n) is 4.79. The van der Waals surface area contributed by atoms with Crippen LogP contribution in [0.1, 0.15) is 29.4 Å². The highest BCUT2D eigenvalue weighted by Gasteiger charge is 2.34. The molecule has 0 radical (unpaired) electrons. The number of anilines is 1. The molecule has 30 heavy (non-hydrogen) atoms. The van der Waals surface area contributed by atoms with Crippen molar-refractivity contribution in [1.82, 2.24) is 15.0 Å². The largest absolute Gasteiger partial charge is 0.367 e. The van der Waals surface area contributed by atoms with E-state index in [2.05, 4.69) is 20.4 Å². The third-order valence-corrected chi connectivity index (χ3v) is 5.22. The molecule has 1 aliphatic rings. The van der Waals surface area contributed by atoms with Gasteiger partial charge in [-0.1, -0.05) is 58.7 Å². The van der Waals surface area contributed by atoms with E-state index >= 15 is 0 Å². The summed E-state index contributed by atoms with van der Waals surface area (Å²) < 4.78 is 10.9. The normalized spacial score (nSPS) is 18.2. The Morgan fingerprint density at radius 3 is 2.60 bits per heavy atom. The van der Waals surface area contributed by atoms with E-state index in [4.69, 9.17) is 32.5 Å². The van der Waals surface area contributed by atoms with Crippen molar-refractivity contribution < 1.29 is 14.1 Å². The maximum absolute atomic E-state index is 13.4. The molecule has 1 aromatic heterocycles. The van der Waals surface area contributed by atoms with Gasteiger partial charge in [0.1, 0.15) is 12.1 Å². The molecule has 0 unspecified atom stereocenters. The summed E-state index contributed by atoms with van der Waals surface area (Å²) in [5.41, 5.74) is 1.41. The SMILES string of the molecule is Cc1nc([C@H]2CN([C@H](C(=O)Nc3cc(Cl)cc(Cl)c3)c3ccccc3)CCO2)no1. The van der Waals surface area contributed by atoms with Crippen molar-refractivity contribution in [3.05, 3.63) is 75.9 Å². The van der Waals surface area contributed by atoms with Crippen LogP contribution < -0.4 is 5.32 Å². The molecule has 0 spiro atoms. The predicted molar refractivity (Wildman–Crippen MR) is 114 cm³/mol. The number of rotatable bonds is 5. The first-order valence-electron chi connectivity index (χ1n) is 9.47. The van der Waals surface area contributed by atoms with Gasteiger partial charge in [0.05, 0.1) is 6.61 Å². The smallest absolute Gasteiger partial charge is 0.246 e. The van der Waals surface area contributed by atoms with Crippen molar-refractivity contribution >= 4 is 34.8 Å². The van der Waals surface area contributed by atoms with Crippen molar-refractivity contribution in [1.29, 1.82) is 0 Å². The number of nitrogens with one attached hydrogen (secondary N) is 1. The zero-order chi connectivity index (χ0) is 21.1. The minimum atomic E-state index is -0.539. The summed E-state index contributed by atoms with van der Waals surface area (Å²) in [6, 6.07) is 14.0. The van der Waals surface area contributed by atoms with Crippen LogP contribution in [0.25, 0.3) is 0 Å². The molecule has 0 bridgehead atoms. The fourth-order valence-electron chi connectivity index (χ4n) is 3.51.